The molecule has 0 aromatic carbocycles. The maximum Gasteiger partial charge on any atom is 0.253 e. The predicted molar refractivity (Wildman–Crippen MR) is 63.3 cm³/mol. The molecule has 90 valence electrons. The number of likely N-dealkylation sites (tertiary alicyclic amines) is 1. The lowest BCUT2D eigenvalue weighted by molar-refractivity contribution is -0.123. The number of hydrogen-bond donors (Lipinski definition) is 2. The maximum atomic E-state index is 12.0. The third-order valence-corrected chi connectivity index (χ3v) is 3.43. The van der Waals surface area contributed by atoms with Crippen LogP contribution in [0.15, 0.2) is 4.99 Å². The Labute approximate surface area is 96.3 Å². The van der Waals surface area contributed by atoms with Gasteiger partial charge in [-0.15, -0.1) is 0 Å². The first-order chi connectivity index (χ1) is 7.57. The molecule has 0 aromatic heterocycles. The SMILES string of the molecule is CCCN=C1NC(=O)C2(CC(C)N(C)C2)N1. The molecule has 2 atom stereocenters. The minimum absolute atomic E-state index is 0.0681. The normalized spacial score (nSPS) is 37.1. The quantitative estimate of drug-likeness (QED) is 0.690. The van der Waals surface area contributed by atoms with E-state index in [0.717, 1.165) is 25.9 Å². The monoisotopic (exact) mass is 224 g/mol. The van der Waals surface area contributed by atoms with Crippen molar-refractivity contribution in [1.82, 2.24) is 15.5 Å². The van der Waals surface area contributed by atoms with Crippen LogP contribution >= 0.6 is 0 Å². The number of nitrogens with zero attached hydrogens (tertiary/aromatic N) is 2. The molecule has 16 heavy (non-hydrogen) atoms. The summed E-state index contributed by atoms with van der Waals surface area (Å²) in [4.78, 5) is 18.5. The van der Waals surface area contributed by atoms with Crippen molar-refractivity contribution in [3.05, 3.63) is 0 Å². The summed E-state index contributed by atoms with van der Waals surface area (Å²) in [6.45, 7) is 5.72. The van der Waals surface area contributed by atoms with Crippen LogP contribution in [0.3, 0.4) is 0 Å². The highest BCUT2D eigenvalue weighted by atomic mass is 16.2. The van der Waals surface area contributed by atoms with Crippen molar-refractivity contribution in [3.63, 3.8) is 0 Å². The zero-order chi connectivity index (χ0) is 11.8. The smallest absolute Gasteiger partial charge is 0.253 e. The van der Waals surface area contributed by atoms with Gasteiger partial charge in [0.1, 0.15) is 5.54 Å². The van der Waals surface area contributed by atoms with E-state index in [4.69, 9.17) is 0 Å². The van der Waals surface area contributed by atoms with Gasteiger partial charge in [-0.05, 0) is 26.8 Å². The molecular formula is C11H20N4O. The van der Waals surface area contributed by atoms with Crippen LogP contribution in [0.4, 0.5) is 0 Å². The third-order valence-electron chi connectivity index (χ3n) is 3.43. The number of rotatable bonds is 2. The van der Waals surface area contributed by atoms with Crippen LogP contribution < -0.4 is 10.6 Å². The van der Waals surface area contributed by atoms with Gasteiger partial charge in [-0.1, -0.05) is 6.92 Å². The molecular weight excluding hydrogens is 204 g/mol. The molecule has 0 saturated carbocycles. The van der Waals surface area contributed by atoms with Crippen molar-refractivity contribution in [2.24, 2.45) is 4.99 Å². The van der Waals surface area contributed by atoms with E-state index in [2.05, 4.69) is 41.4 Å². The van der Waals surface area contributed by atoms with Gasteiger partial charge in [0.05, 0.1) is 0 Å². The van der Waals surface area contributed by atoms with E-state index in [-0.39, 0.29) is 5.91 Å². The lowest BCUT2D eigenvalue weighted by Gasteiger charge is -2.19. The Morgan fingerprint density at radius 3 is 2.94 bits per heavy atom. The average Bonchev–Trinajstić information content (AvgIpc) is 2.67. The minimum Gasteiger partial charge on any atom is -0.340 e. The molecule has 0 bridgehead atoms. The third kappa shape index (κ3) is 1.80. The first-order valence-electron chi connectivity index (χ1n) is 5.92. The van der Waals surface area contributed by atoms with Gasteiger partial charge in [0.2, 0.25) is 0 Å². The molecule has 2 unspecified atom stereocenters. The predicted octanol–water partition coefficient (Wildman–Crippen LogP) is -0.0654. The first kappa shape index (κ1) is 11.4. The van der Waals surface area contributed by atoms with Gasteiger partial charge in [0.15, 0.2) is 5.96 Å². The van der Waals surface area contributed by atoms with Crippen LogP contribution in [-0.4, -0.2) is 48.5 Å². The Morgan fingerprint density at radius 1 is 1.62 bits per heavy atom. The molecule has 0 radical (unpaired) electrons. The number of carbonyl (C=O) groups is 1. The Kier molecular flexibility index (Phi) is 2.88. The number of guanidine groups is 1. The highest BCUT2D eigenvalue weighted by molar-refractivity contribution is 6.09. The van der Waals surface area contributed by atoms with Crippen molar-refractivity contribution >= 4 is 11.9 Å². The molecule has 0 aliphatic carbocycles. The van der Waals surface area contributed by atoms with Crippen LogP contribution in [0.25, 0.3) is 0 Å². The van der Waals surface area contributed by atoms with Crippen molar-refractivity contribution in [2.45, 2.75) is 38.3 Å². The Hall–Kier alpha value is -1.10. The summed E-state index contributed by atoms with van der Waals surface area (Å²) in [5.41, 5.74) is -0.444. The zero-order valence-electron chi connectivity index (χ0n) is 10.2. The molecule has 2 aliphatic heterocycles. The summed E-state index contributed by atoms with van der Waals surface area (Å²) < 4.78 is 0. The molecule has 1 amide bonds. The maximum absolute atomic E-state index is 12.0. The summed E-state index contributed by atoms with van der Waals surface area (Å²) in [5.74, 6) is 0.716. The fourth-order valence-electron chi connectivity index (χ4n) is 2.41. The number of amides is 1. The van der Waals surface area contributed by atoms with Crippen molar-refractivity contribution < 1.29 is 4.79 Å². The second-order valence-corrected chi connectivity index (χ2v) is 4.86. The van der Waals surface area contributed by atoms with Gasteiger partial charge in [-0.25, -0.2) is 0 Å². The van der Waals surface area contributed by atoms with E-state index in [1.807, 2.05) is 0 Å². The number of hydrogen-bond acceptors (Lipinski definition) is 3. The van der Waals surface area contributed by atoms with Crippen LogP contribution in [0.5, 0.6) is 0 Å². The van der Waals surface area contributed by atoms with Crippen LogP contribution in [0.1, 0.15) is 26.7 Å². The summed E-state index contributed by atoms with van der Waals surface area (Å²) >= 11 is 0. The standard InChI is InChI=1S/C11H20N4O/c1-4-5-12-10-13-9(16)11(14-10)6-8(2)15(3)7-11/h8H,4-7H2,1-3H3,(H2,12,13,14,16). The molecule has 2 saturated heterocycles. The topological polar surface area (TPSA) is 56.7 Å². The molecule has 2 aliphatic rings. The zero-order valence-corrected chi connectivity index (χ0v) is 10.2. The van der Waals surface area contributed by atoms with E-state index in [0.29, 0.717) is 12.0 Å². The lowest BCUT2D eigenvalue weighted by atomic mass is 9.97. The van der Waals surface area contributed by atoms with Crippen LogP contribution in [0.2, 0.25) is 0 Å². The summed E-state index contributed by atoms with van der Waals surface area (Å²) in [6.07, 6.45) is 1.84. The second-order valence-electron chi connectivity index (χ2n) is 4.86. The molecule has 5 heteroatoms. The van der Waals surface area contributed by atoms with Crippen molar-refractivity contribution in [3.8, 4) is 0 Å². The van der Waals surface area contributed by atoms with E-state index >= 15 is 0 Å². The summed E-state index contributed by atoms with van der Waals surface area (Å²) in [5, 5.41) is 6.10. The Morgan fingerprint density at radius 2 is 2.38 bits per heavy atom. The first-order valence-corrected chi connectivity index (χ1v) is 5.92. The van der Waals surface area contributed by atoms with Crippen LogP contribution in [0, 0.1) is 0 Å². The van der Waals surface area contributed by atoms with Gasteiger partial charge < -0.3 is 10.2 Å². The molecule has 2 N–H and O–H groups in total. The Balaban J connectivity index is 2.11. The van der Waals surface area contributed by atoms with Crippen molar-refractivity contribution in [2.75, 3.05) is 20.1 Å². The fraction of sp³-hybridized carbons (Fsp3) is 0.818. The van der Waals surface area contributed by atoms with E-state index in [1.54, 1.807) is 0 Å². The van der Waals surface area contributed by atoms with E-state index < -0.39 is 5.54 Å². The van der Waals surface area contributed by atoms with Gasteiger partial charge in [-0.2, -0.15) is 0 Å². The molecule has 2 rings (SSSR count). The van der Waals surface area contributed by atoms with Gasteiger partial charge in [0.25, 0.3) is 5.91 Å². The molecule has 2 fully saturated rings. The number of carbonyl (C=O) groups excluding carboxylic acids is 1. The number of aliphatic imine (C=N–C) groups is 1. The van der Waals surface area contributed by atoms with Gasteiger partial charge >= 0.3 is 0 Å². The molecule has 1 spiro atoms. The Bertz CT molecular complexity index is 316. The van der Waals surface area contributed by atoms with Gasteiger partial charge in [-0.3, -0.25) is 15.1 Å². The molecule has 2 heterocycles. The second kappa shape index (κ2) is 4.05. The van der Waals surface area contributed by atoms with Crippen LogP contribution in [-0.2, 0) is 4.79 Å². The molecule has 0 aromatic rings. The summed E-state index contributed by atoms with van der Waals surface area (Å²) in [6, 6.07) is 0.434. The van der Waals surface area contributed by atoms with Crippen molar-refractivity contribution in [1.29, 1.82) is 0 Å². The van der Waals surface area contributed by atoms with E-state index in [1.165, 1.54) is 0 Å². The largest absolute Gasteiger partial charge is 0.340 e. The fourth-order valence-corrected chi connectivity index (χ4v) is 2.41. The molecule has 5 nitrogen and oxygen atoms in total. The highest BCUT2D eigenvalue weighted by Crippen LogP contribution is 2.28. The number of nitrogens with one attached hydrogen (secondary N) is 2. The van der Waals surface area contributed by atoms with E-state index in [9.17, 15) is 4.79 Å². The highest BCUT2D eigenvalue weighted by Gasteiger charge is 2.51. The lowest BCUT2D eigenvalue weighted by Crippen LogP contribution is -2.48. The number of likely N-dealkylation sites (N-methyl/N-ethyl adjacent to an activating group) is 1. The average molecular weight is 224 g/mol. The van der Waals surface area contributed by atoms with Gasteiger partial charge in [0, 0.05) is 19.1 Å². The minimum atomic E-state index is -0.444. The summed E-state index contributed by atoms with van der Waals surface area (Å²) in [7, 11) is 2.05.